The third-order valence-corrected chi connectivity index (χ3v) is 4.16. The van der Waals surface area contributed by atoms with Gasteiger partial charge in [0.1, 0.15) is 0 Å². The van der Waals surface area contributed by atoms with Gasteiger partial charge in [0.05, 0.1) is 16.8 Å². The Kier molecular flexibility index (Phi) is 2.62. The number of hydrogen-bond acceptors (Lipinski definition) is 4. The van der Waals surface area contributed by atoms with Crippen molar-refractivity contribution in [3.8, 4) is 0 Å². The number of thiazole rings is 1. The predicted octanol–water partition coefficient (Wildman–Crippen LogP) is 3.11. The molecule has 3 rings (SSSR count). The van der Waals surface area contributed by atoms with E-state index >= 15 is 0 Å². The van der Waals surface area contributed by atoms with Crippen molar-refractivity contribution < 1.29 is 8.78 Å². The fraction of sp³-hybridized carbons (Fsp3) is 0.417. The first-order valence-electron chi connectivity index (χ1n) is 5.82. The molecule has 1 fully saturated rings. The number of nitrogens with two attached hydrogens (primary N) is 1. The molecule has 0 spiro atoms. The van der Waals surface area contributed by atoms with Gasteiger partial charge in [0.2, 0.25) is 0 Å². The highest BCUT2D eigenvalue weighted by Crippen LogP contribution is 2.34. The smallest absolute Gasteiger partial charge is 0.265 e. The molecular formula is C12H13F2N3S. The van der Waals surface area contributed by atoms with Crippen LogP contribution < -0.4 is 10.6 Å². The highest BCUT2D eigenvalue weighted by molar-refractivity contribution is 7.22. The van der Waals surface area contributed by atoms with Gasteiger partial charge < -0.3 is 10.6 Å². The molecule has 96 valence electrons. The number of halogens is 2. The third-order valence-electron chi connectivity index (χ3n) is 3.06. The van der Waals surface area contributed by atoms with E-state index in [9.17, 15) is 8.78 Å². The molecule has 6 heteroatoms. The van der Waals surface area contributed by atoms with Crippen molar-refractivity contribution in [2.45, 2.75) is 18.8 Å². The molecule has 1 saturated heterocycles. The van der Waals surface area contributed by atoms with E-state index in [1.165, 1.54) is 11.3 Å². The van der Waals surface area contributed by atoms with Crippen molar-refractivity contribution in [2.24, 2.45) is 0 Å². The van der Waals surface area contributed by atoms with Crippen molar-refractivity contribution in [3.05, 3.63) is 18.2 Å². The average molecular weight is 269 g/mol. The molecule has 0 atom stereocenters. The second kappa shape index (κ2) is 4.05. The number of aromatic nitrogens is 1. The number of benzene rings is 1. The van der Waals surface area contributed by atoms with Gasteiger partial charge in [0.15, 0.2) is 5.13 Å². The van der Waals surface area contributed by atoms with Crippen LogP contribution in [0.15, 0.2) is 18.2 Å². The minimum Gasteiger partial charge on any atom is -0.399 e. The highest BCUT2D eigenvalue weighted by Gasteiger charge is 2.36. The van der Waals surface area contributed by atoms with Crippen LogP contribution in [0.25, 0.3) is 10.2 Å². The zero-order valence-corrected chi connectivity index (χ0v) is 10.5. The maximum absolute atomic E-state index is 13.4. The minimum absolute atomic E-state index is 0.0264. The first kappa shape index (κ1) is 11.6. The molecule has 1 aliphatic heterocycles. The molecule has 3 nitrogen and oxygen atoms in total. The van der Waals surface area contributed by atoms with E-state index in [4.69, 9.17) is 5.73 Å². The monoisotopic (exact) mass is 269 g/mol. The van der Waals surface area contributed by atoms with Gasteiger partial charge >= 0.3 is 0 Å². The summed E-state index contributed by atoms with van der Waals surface area (Å²) in [5.74, 6) is -2.60. The van der Waals surface area contributed by atoms with Crippen molar-refractivity contribution in [3.63, 3.8) is 0 Å². The lowest BCUT2D eigenvalue weighted by molar-refractivity contribution is -0.0116. The Hall–Kier alpha value is -1.43. The van der Waals surface area contributed by atoms with Crippen LogP contribution in [0.3, 0.4) is 0 Å². The van der Waals surface area contributed by atoms with Crippen LogP contribution in [-0.4, -0.2) is 24.0 Å². The summed E-state index contributed by atoms with van der Waals surface area (Å²) in [4.78, 5) is 6.06. The maximum Gasteiger partial charge on any atom is 0.265 e. The van der Waals surface area contributed by atoms with E-state index in [-0.39, 0.29) is 13.0 Å². The van der Waals surface area contributed by atoms with Crippen molar-refractivity contribution in [1.29, 1.82) is 0 Å². The van der Waals surface area contributed by atoms with Gasteiger partial charge in [-0.05, 0) is 24.6 Å². The number of anilines is 2. The fourth-order valence-corrected chi connectivity index (χ4v) is 3.17. The maximum atomic E-state index is 13.4. The molecule has 1 aromatic heterocycles. The molecule has 0 bridgehead atoms. The second-order valence-corrected chi connectivity index (χ2v) is 5.61. The van der Waals surface area contributed by atoms with Crippen LogP contribution in [0.5, 0.6) is 0 Å². The van der Waals surface area contributed by atoms with Crippen LogP contribution in [0.4, 0.5) is 19.6 Å². The van der Waals surface area contributed by atoms with E-state index in [1.807, 2.05) is 6.07 Å². The summed E-state index contributed by atoms with van der Waals surface area (Å²) < 4.78 is 27.7. The Morgan fingerprint density at radius 2 is 2.22 bits per heavy atom. The fourth-order valence-electron chi connectivity index (χ4n) is 2.20. The molecular weight excluding hydrogens is 256 g/mol. The van der Waals surface area contributed by atoms with Gasteiger partial charge in [-0.15, -0.1) is 0 Å². The first-order valence-corrected chi connectivity index (χ1v) is 6.64. The Bertz CT molecular complexity index is 582. The molecule has 1 aromatic carbocycles. The molecule has 0 radical (unpaired) electrons. The van der Waals surface area contributed by atoms with Gasteiger partial charge in [0.25, 0.3) is 5.92 Å². The molecule has 18 heavy (non-hydrogen) atoms. The number of nitrogens with zero attached hydrogens (tertiary/aromatic N) is 2. The van der Waals surface area contributed by atoms with Gasteiger partial charge in [-0.1, -0.05) is 11.3 Å². The molecule has 1 aliphatic rings. The molecule has 2 aromatic rings. The van der Waals surface area contributed by atoms with Crippen molar-refractivity contribution >= 4 is 32.4 Å². The van der Waals surface area contributed by atoms with E-state index in [2.05, 4.69) is 4.98 Å². The van der Waals surface area contributed by atoms with Crippen LogP contribution >= 0.6 is 11.3 Å². The Morgan fingerprint density at radius 3 is 3.00 bits per heavy atom. The summed E-state index contributed by atoms with van der Waals surface area (Å²) in [5, 5.41) is 0.662. The van der Waals surface area contributed by atoms with Crippen LogP contribution in [-0.2, 0) is 0 Å². The normalized spacial score (nSPS) is 19.3. The molecule has 0 unspecified atom stereocenters. The predicted molar refractivity (Wildman–Crippen MR) is 70.4 cm³/mol. The summed E-state index contributed by atoms with van der Waals surface area (Å²) in [6.07, 6.45) is 0.479. The number of hydrogen-bond donors (Lipinski definition) is 1. The molecule has 0 aliphatic carbocycles. The standard InChI is InChI=1S/C12H13F2N3S/c13-12(14)4-1-5-17(7-12)11-16-9-6-8(15)2-3-10(9)18-11/h2-3,6H,1,4-5,7,15H2. The van der Waals surface area contributed by atoms with E-state index in [0.29, 0.717) is 23.8 Å². The molecule has 0 amide bonds. The zero-order chi connectivity index (χ0) is 12.8. The number of nitrogen functional groups attached to an aromatic ring is 1. The van der Waals surface area contributed by atoms with E-state index in [1.54, 1.807) is 17.0 Å². The summed E-state index contributed by atoms with van der Waals surface area (Å²) >= 11 is 1.44. The van der Waals surface area contributed by atoms with Crippen molar-refractivity contribution in [1.82, 2.24) is 4.98 Å². The van der Waals surface area contributed by atoms with E-state index in [0.717, 1.165) is 10.2 Å². The number of fused-ring (bicyclic) bond motifs is 1. The molecule has 2 N–H and O–H groups in total. The number of piperidine rings is 1. The summed E-state index contributed by atoms with van der Waals surface area (Å²) in [6, 6.07) is 5.46. The van der Waals surface area contributed by atoms with Gasteiger partial charge in [0, 0.05) is 18.7 Å². The number of alkyl halides is 2. The lowest BCUT2D eigenvalue weighted by atomic mass is 10.1. The lowest BCUT2D eigenvalue weighted by Gasteiger charge is -2.32. The third kappa shape index (κ3) is 2.12. The largest absolute Gasteiger partial charge is 0.399 e. The van der Waals surface area contributed by atoms with Gasteiger partial charge in [-0.2, -0.15) is 0 Å². The molecule has 0 saturated carbocycles. The summed E-state index contributed by atoms with van der Waals surface area (Å²) in [7, 11) is 0. The molecule has 2 heterocycles. The van der Waals surface area contributed by atoms with Gasteiger partial charge in [-0.25, -0.2) is 13.8 Å². The summed E-state index contributed by atoms with van der Waals surface area (Å²) in [5.41, 5.74) is 7.11. The van der Waals surface area contributed by atoms with Gasteiger partial charge in [-0.3, -0.25) is 0 Å². The van der Waals surface area contributed by atoms with Crippen LogP contribution in [0, 0.1) is 0 Å². The average Bonchev–Trinajstić information content (AvgIpc) is 2.70. The summed E-state index contributed by atoms with van der Waals surface area (Å²) in [6.45, 7) is 0.410. The number of rotatable bonds is 1. The van der Waals surface area contributed by atoms with Crippen LogP contribution in [0.1, 0.15) is 12.8 Å². The Morgan fingerprint density at radius 1 is 1.39 bits per heavy atom. The second-order valence-electron chi connectivity index (χ2n) is 4.60. The minimum atomic E-state index is -2.60. The quantitative estimate of drug-likeness (QED) is 0.809. The van der Waals surface area contributed by atoms with Crippen molar-refractivity contribution in [2.75, 3.05) is 23.7 Å². The highest BCUT2D eigenvalue weighted by atomic mass is 32.1. The SMILES string of the molecule is Nc1ccc2sc(N3CCCC(F)(F)C3)nc2c1. The lowest BCUT2D eigenvalue weighted by Crippen LogP contribution is -2.42. The Labute approximate surface area is 107 Å². The first-order chi connectivity index (χ1) is 8.53. The topological polar surface area (TPSA) is 42.1 Å². The zero-order valence-electron chi connectivity index (χ0n) is 9.70. The van der Waals surface area contributed by atoms with Crippen LogP contribution in [0.2, 0.25) is 0 Å². The van der Waals surface area contributed by atoms with E-state index < -0.39 is 5.92 Å². The Balaban J connectivity index is 1.94.